The van der Waals surface area contributed by atoms with Crippen molar-refractivity contribution in [2.24, 2.45) is 0 Å². The van der Waals surface area contributed by atoms with Crippen LogP contribution in [0.4, 0.5) is 0 Å². The molecule has 0 aliphatic heterocycles. The van der Waals surface area contributed by atoms with E-state index in [1.54, 1.807) is 18.3 Å². The monoisotopic (exact) mass is 267 g/mol. The maximum atomic E-state index is 11.3. The summed E-state index contributed by atoms with van der Waals surface area (Å²) >= 11 is 1.63. The van der Waals surface area contributed by atoms with Crippen molar-refractivity contribution in [1.29, 1.82) is 0 Å². The van der Waals surface area contributed by atoms with Crippen LogP contribution in [0.15, 0.2) is 5.38 Å². The van der Waals surface area contributed by atoms with E-state index in [0.29, 0.717) is 6.54 Å². The van der Waals surface area contributed by atoms with E-state index >= 15 is 0 Å². The van der Waals surface area contributed by atoms with Crippen LogP contribution >= 0.6 is 11.3 Å². The lowest BCUT2D eigenvalue weighted by Gasteiger charge is -2.11. The highest BCUT2D eigenvalue weighted by molar-refractivity contribution is 7.15. The lowest BCUT2D eigenvalue weighted by Crippen LogP contribution is -2.34. The standard InChI is InChI=1S/C12H17N3O2S/c1-7-6-18-12-14-8(2)10(15(7)12)5-13-9(3)11(16)17-4/h6,9,13H,5H2,1-4H3/t9-/m0/s1. The largest absolute Gasteiger partial charge is 0.468 e. The third kappa shape index (κ3) is 2.26. The van der Waals surface area contributed by atoms with Gasteiger partial charge in [-0.05, 0) is 20.8 Å². The number of methoxy groups -OCH3 is 1. The van der Waals surface area contributed by atoms with Gasteiger partial charge < -0.3 is 4.74 Å². The minimum Gasteiger partial charge on any atom is -0.468 e. The first-order chi connectivity index (χ1) is 8.54. The number of thiazole rings is 1. The van der Waals surface area contributed by atoms with E-state index in [4.69, 9.17) is 0 Å². The number of rotatable bonds is 4. The Hall–Kier alpha value is -1.40. The number of carbonyl (C=O) groups excluding carboxylic acids is 1. The van der Waals surface area contributed by atoms with E-state index in [1.165, 1.54) is 7.11 Å². The average molecular weight is 267 g/mol. The molecule has 1 atom stereocenters. The number of hydrogen-bond acceptors (Lipinski definition) is 5. The number of aromatic nitrogens is 2. The van der Waals surface area contributed by atoms with Crippen LogP contribution in [0.25, 0.3) is 4.96 Å². The van der Waals surface area contributed by atoms with Gasteiger partial charge in [0.2, 0.25) is 0 Å². The summed E-state index contributed by atoms with van der Waals surface area (Å²) in [6.45, 7) is 6.43. The van der Waals surface area contributed by atoms with Gasteiger partial charge in [-0.25, -0.2) is 4.98 Å². The van der Waals surface area contributed by atoms with Gasteiger partial charge in [-0.2, -0.15) is 0 Å². The number of aryl methyl sites for hydroxylation is 2. The van der Waals surface area contributed by atoms with Crippen molar-refractivity contribution >= 4 is 22.3 Å². The van der Waals surface area contributed by atoms with Gasteiger partial charge in [0.15, 0.2) is 4.96 Å². The molecule has 0 amide bonds. The van der Waals surface area contributed by atoms with E-state index in [2.05, 4.69) is 31.7 Å². The van der Waals surface area contributed by atoms with Gasteiger partial charge in [-0.3, -0.25) is 14.5 Å². The van der Waals surface area contributed by atoms with Crippen LogP contribution in [-0.2, 0) is 16.1 Å². The van der Waals surface area contributed by atoms with Gasteiger partial charge >= 0.3 is 5.97 Å². The van der Waals surface area contributed by atoms with Gasteiger partial charge in [0.25, 0.3) is 0 Å². The summed E-state index contributed by atoms with van der Waals surface area (Å²) in [4.78, 5) is 16.8. The van der Waals surface area contributed by atoms with Crippen molar-refractivity contribution in [1.82, 2.24) is 14.7 Å². The molecule has 2 aromatic rings. The molecule has 0 unspecified atom stereocenters. The number of nitrogens with one attached hydrogen (secondary N) is 1. The Morgan fingerprint density at radius 2 is 2.33 bits per heavy atom. The van der Waals surface area contributed by atoms with Crippen molar-refractivity contribution in [2.75, 3.05) is 7.11 Å². The van der Waals surface area contributed by atoms with Crippen molar-refractivity contribution in [3.63, 3.8) is 0 Å². The summed E-state index contributed by atoms with van der Waals surface area (Å²) in [6.07, 6.45) is 0. The van der Waals surface area contributed by atoms with Crippen LogP contribution in [0.2, 0.25) is 0 Å². The molecule has 0 bridgehead atoms. The molecule has 18 heavy (non-hydrogen) atoms. The summed E-state index contributed by atoms with van der Waals surface area (Å²) in [5, 5.41) is 5.23. The van der Waals surface area contributed by atoms with Crippen LogP contribution < -0.4 is 5.32 Å². The average Bonchev–Trinajstić information content (AvgIpc) is 2.85. The van der Waals surface area contributed by atoms with Gasteiger partial charge in [0.1, 0.15) is 6.04 Å². The highest BCUT2D eigenvalue weighted by Crippen LogP contribution is 2.20. The molecule has 0 saturated heterocycles. The van der Waals surface area contributed by atoms with Gasteiger partial charge in [-0.15, -0.1) is 11.3 Å². The third-order valence-electron chi connectivity index (χ3n) is 2.96. The fourth-order valence-electron chi connectivity index (χ4n) is 1.89. The molecular weight excluding hydrogens is 250 g/mol. The van der Waals surface area contributed by atoms with Crippen molar-refractivity contribution in [3.05, 3.63) is 22.5 Å². The summed E-state index contributed by atoms with van der Waals surface area (Å²) in [5.74, 6) is -0.254. The lowest BCUT2D eigenvalue weighted by molar-refractivity contribution is -0.142. The molecule has 0 radical (unpaired) electrons. The second-order valence-electron chi connectivity index (χ2n) is 4.26. The number of hydrogen-bond donors (Lipinski definition) is 1. The molecule has 0 saturated carbocycles. The Kier molecular flexibility index (Phi) is 3.68. The Balaban J connectivity index is 2.18. The number of carbonyl (C=O) groups is 1. The summed E-state index contributed by atoms with van der Waals surface area (Å²) in [6, 6.07) is -0.320. The molecule has 0 spiro atoms. The summed E-state index contributed by atoms with van der Waals surface area (Å²) in [5.41, 5.74) is 3.26. The van der Waals surface area contributed by atoms with E-state index in [9.17, 15) is 4.79 Å². The smallest absolute Gasteiger partial charge is 0.322 e. The van der Waals surface area contributed by atoms with Crippen LogP contribution in [0.1, 0.15) is 24.0 Å². The second kappa shape index (κ2) is 5.07. The Labute approximate surface area is 110 Å². The van der Waals surface area contributed by atoms with E-state index in [1.807, 2.05) is 6.92 Å². The zero-order valence-electron chi connectivity index (χ0n) is 11.0. The minimum absolute atomic E-state index is 0.254. The molecule has 5 nitrogen and oxygen atoms in total. The molecule has 2 aromatic heterocycles. The number of ether oxygens (including phenoxy) is 1. The SMILES string of the molecule is COC(=O)[C@H](C)NCc1c(C)nc2scc(C)n12. The number of esters is 1. The molecule has 0 fully saturated rings. The number of fused-ring (bicyclic) bond motifs is 1. The molecule has 0 aromatic carbocycles. The number of imidazole rings is 1. The van der Waals surface area contributed by atoms with Crippen LogP contribution in [0.5, 0.6) is 0 Å². The Morgan fingerprint density at radius 1 is 1.61 bits per heavy atom. The maximum Gasteiger partial charge on any atom is 0.322 e. The third-order valence-corrected chi connectivity index (χ3v) is 3.90. The fraction of sp³-hybridized carbons (Fsp3) is 0.500. The first-order valence-corrected chi connectivity index (χ1v) is 6.65. The van der Waals surface area contributed by atoms with E-state index in [-0.39, 0.29) is 12.0 Å². The minimum atomic E-state index is -0.320. The topological polar surface area (TPSA) is 55.6 Å². The molecule has 2 rings (SSSR count). The van der Waals surface area contributed by atoms with Gasteiger partial charge in [-0.1, -0.05) is 0 Å². The first kappa shape index (κ1) is 13.0. The number of nitrogens with zero attached hydrogens (tertiary/aromatic N) is 2. The quantitative estimate of drug-likeness (QED) is 0.856. The molecule has 0 aliphatic carbocycles. The predicted octanol–water partition coefficient (Wildman–Crippen LogP) is 1.66. The fourth-order valence-corrected chi connectivity index (χ4v) is 2.82. The van der Waals surface area contributed by atoms with Crippen LogP contribution in [-0.4, -0.2) is 28.5 Å². The first-order valence-electron chi connectivity index (χ1n) is 5.77. The zero-order chi connectivity index (χ0) is 13.3. The molecule has 1 N–H and O–H groups in total. The van der Waals surface area contributed by atoms with E-state index < -0.39 is 0 Å². The van der Waals surface area contributed by atoms with Crippen LogP contribution in [0.3, 0.4) is 0 Å². The zero-order valence-corrected chi connectivity index (χ0v) is 11.8. The molecular formula is C12H17N3O2S. The van der Waals surface area contributed by atoms with Crippen molar-refractivity contribution in [3.8, 4) is 0 Å². The van der Waals surface area contributed by atoms with Crippen molar-refractivity contribution < 1.29 is 9.53 Å². The van der Waals surface area contributed by atoms with Crippen molar-refractivity contribution in [2.45, 2.75) is 33.4 Å². The Bertz CT molecular complexity index is 573. The highest BCUT2D eigenvalue weighted by Gasteiger charge is 2.16. The maximum absolute atomic E-state index is 11.3. The lowest BCUT2D eigenvalue weighted by atomic mass is 10.3. The van der Waals surface area contributed by atoms with E-state index in [0.717, 1.165) is 22.0 Å². The normalized spacial score (nSPS) is 12.9. The molecule has 98 valence electrons. The molecule has 6 heteroatoms. The second-order valence-corrected chi connectivity index (χ2v) is 5.10. The van der Waals surface area contributed by atoms with Crippen LogP contribution in [0, 0.1) is 13.8 Å². The van der Waals surface area contributed by atoms with Gasteiger partial charge in [0.05, 0.1) is 18.5 Å². The van der Waals surface area contributed by atoms with Gasteiger partial charge in [0, 0.05) is 17.6 Å². The summed E-state index contributed by atoms with van der Waals surface area (Å²) in [7, 11) is 1.39. The predicted molar refractivity (Wildman–Crippen MR) is 70.9 cm³/mol. The molecule has 2 heterocycles. The highest BCUT2D eigenvalue weighted by atomic mass is 32.1. The molecule has 0 aliphatic rings. The Morgan fingerprint density at radius 3 is 3.00 bits per heavy atom. The summed E-state index contributed by atoms with van der Waals surface area (Å²) < 4.78 is 6.81.